The van der Waals surface area contributed by atoms with Crippen molar-refractivity contribution >= 4 is 12.0 Å². The summed E-state index contributed by atoms with van der Waals surface area (Å²) in [5.41, 5.74) is 0. The summed E-state index contributed by atoms with van der Waals surface area (Å²) >= 11 is 0. The minimum atomic E-state index is -1.12. The van der Waals surface area contributed by atoms with Gasteiger partial charge in [0.2, 0.25) is 5.91 Å². The van der Waals surface area contributed by atoms with Gasteiger partial charge in [0.15, 0.2) is 0 Å². The maximum Gasteiger partial charge on any atom is 0.407 e. The molecular formula is C7H14N2O4. The van der Waals surface area contributed by atoms with E-state index in [1.165, 1.54) is 0 Å². The van der Waals surface area contributed by atoms with Crippen LogP contribution in [0.1, 0.15) is 6.92 Å². The number of nitrogens with zero attached hydrogens (tertiary/aromatic N) is 1. The molecule has 0 fully saturated rings. The smallest absolute Gasteiger partial charge is 0.407 e. The van der Waals surface area contributed by atoms with E-state index < -0.39 is 12.0 Å². The lowest BCUT2D eigenvalue weighted by Crippen LogP contribution is -2.40. The topological polar surface area (TPSA) is 89.9 Å². The van der Waals surface area contributed by atoms with Gasteiger partial charge in [-0.15, -0.1) is 0 Å². The predicted molar refractivity (Wildman–Crippen MR) is 45.4 cm³/mol. The van der Waals surface area contributed by atoms with Gasteiger partial charge in [-0.1, -0.05) is 0 Å². The number of carbonyl (C=O) groups excluding carboxylic acids is 1. The van der Waals surface area contributed by atoms with Gasteiger partial charge >= 0.3 is 6.09 Å². The third kappa shape index (κ3) is 5.02. The molecule has 0 saturated heterocycles. The van der Waals surface area contributed by atoms with Crippen LogP contribution in [0.2, 0.25) is 0 Å². The van der Waals surface area contributed by atoms with Gasteiger partial charge < -0.3 is 15.5 Å². The first-order chi connectivity index (χ1) is 6.11. The molecule has 0 heterocycles. The fourth-order valence-electron chi connectivity index (χ4n) is 0.739. The van der Waals surface area contributed by atoms with Gasteiger partial charge in [-0.05, 0) is 6.92 Å². The Morgan fingerprint density at radius 1 is 1.46 bits per heavy atom. The van der Waals surface area contributed by atoms with Crippen molar-refractivity contribution < 1.29 is 19.8 Å². The van der Waals surface area contributed by atoms with Crippen molar-refractivity contribution in [3.63, 3.8) is 0 Å². The molecule has 0 radical (unpaired) electrons. The van der Waals surface area contributed by atoms with Gasteiger partial charge in [0.25, 0.3) is 0 Å². The third-order valence-electron chi connectivity index (χ3n) is 1.42. The molecule has 6 heteroatoms. The zero-order valence-electron chi connectivity index (χ0n) is 7.49. The van der Waals surface area contributed by atoms with E-state index in [2.05, 4.69) is 5.32 Å². The number of amides is 2. The first kappa shape index (κ1) is 11.7. The van der Waals surface area contributed by atoms with Crippen molar-refractivity contribution in [2.24, 2.45) is 0 Å². The second-order valence-corrected chi connectivity index (χ2v) is 2.37. The highest BCUT2D eigenvalue weighted by Gasteiger charge is 2.12. The van der Waals surface area contributed by atoms with Gasteiger partial charge in [-0.2, -0.15) is 0 Å². The third-order valence-corrected chi connectivity index (χ3v) is 1.42. The second kappa shape index (κ2) is 6.24. The van der Waals surface area contributed by atoms with E-state index in [-0.39, 0.29) is 26.2 Å². The van der Waals surface area contributed by atoms with E-state index in [1.807, 2.05) is 0 Å². The Hall–Kier alpha value is -1.30. The maximum atomic E-state index is 10.9. The van der Waals surface area contributed by atoms with Crippen LogP contribution in [0.15, 0.2) is 0 Å². The van der Waals surface area contributed by atoms with E-state index in [0.717, 1.165) is 4.90 Å². The van der Waals surface area contributed by atoms with E-state index in [4.69, 9.17) is 10.2 Å². The number of likely N-dealkylation sites (N-methyl/N-ethyl adjacent to an activating group) is 1. The molecule has 0 saturated carbocycles. The molecule has 0 unspecified atom stereocenters. The van der Waals surface area contributed by atoms with Crippen LogP contribution in [0.4, 0.5) is 4.79 Å². The van der Waals surface area contributed by atoms with Crippen LogP contribution in [0.25, 0.3) is 0 Å². The number of nitrogens with one attached hydrogen (secondary N) is 1. The Bertz CT molecular complexity index is 183. The Balaban J connectivity index is 3.80. The highest BCUT2D eigenvalue weighted by molar-refractivity contribution is 5.81. The van der Waals surface area contributed by atoms with E-state index in [9.17, 15) is 9.59 Å². The Kier molecular flexibility index (Phi) is 5.62. The normalized spacial score (nSPS) is 9.38. The molecule has 0 spiro atoms. The molecule has 0 aromatic heterocycles. The van der Waals surface area contributed by atoms with Gasteiger partial charge in [0, 0.05) is 13.1 Å². The molecular weight excluding hydrogens is 176 g/mol. The number of carbonyl (C=O) groups is 2. The summed E-state index contributed by atoms with van der Waals surface area (Å²) in [5, 5.41) is 19.3. The van der Waals surface area contributed by atoms with Crippen molar-refractivity contribution in [1.29, 1.82) is 0 Å². The monoisotopic (exact) mass is 190 g/mol. The average molecular weight is 190 g/mol. The van der Waals surface area contributed by atoms with Crippen LogP contribution in [-0.2, 0) is 4.79 Å². The molecule has 0 aliphatic carbocycles. The fraction of sp³-hybridized carbons (Fsp3) is 0.714. The SMILES string of the molecule is CCN(CC(=O)NCCO)C(=O)O. The Labute approximate surface area is 76.2 Å². The molecule has 0 aromatic carbocycles. The van der Waals surface area contributed by atoms with Crippen molar-refractivity contribution in [3.8, 4) is 0 Å². The van der Waals surface area contributed by atoms with Gasteiger partial charge in [0.1, 0.15) is 6.54 Å². The molecule has 0 aliphatic rings. The summed E-state index contributed by atoms with van der Waals surface area (Å²) in [7, 11) is 0. The fourth-order valence-corrected chi connectivity index (χ4v) is 0.739. The summed E-state index contributed by atoms with van der Waals surface area (Å²) in [4.78, 5) is 22.4. The average Bonchev–Trinajstić information content (AvgIpc) is 2.10. The zero-order chi connectivity index (χ0) is 10.3. The van der Waals surface area contributed by atoms with E-state index in [1.54, 1.807) is 6.92 Å². The quantitative estimate of drug-likeness (QED) is 0.523. The zero-order valence-corrected chi connectivity index (χ0v) is 7.49. The lowest BCUT2D eigenvalue weighted by Gasteiger charge is -2.15. The number of aliphatic hydroxyl groups is 1. The standard InChI is InChI=1S/C7H14N2O4/c1-2-9(7(12)13)5-6(11)8-3-4-10/h10H,2-5H2,1H3,(H,8,11)(H,12,13). The lowest BCUT2D eigenvalue weighted by molar-refractivity contribution is -0.122. The van der Waals surface area contributed by atoms with Gasteiger partial charge in [0.05, 0.1) is 6.61 Å². The molecule has 13 heavy (non-hydrogen) atoms. The minimum Gasteiger partial charge on any atom is -0.465 e. The maximum absolute atomic E-state index is 10.9. The first-order valence-electron chi connectivity index (χ1n) is 3.97. The van der Waals surface area contributed by atoms with E-state index >= 15 is 0 Å². The highest BCUT2D eigenvalue weighted by Crippen LogP contribution is 1.87. The summed E-state index contributed by atoms with van der Waals surface area (Å²) in [6.45, 7) is 1.72. The van der Waals surface area contributed by atoms with Crippen LogP contribution in [0.3, 0.4) is 0 Å². The van der Waals surface area contributed by atoms with Crippen molar-refractivity contribution in [2.75, 3.05) is 26.2 Å². The van der Waals surface area contributed by atoms with Crippen molar-refractivity contribution in [3.05, 3.63) is 0 Å². The lowest BCUT2D eigenvalue weighted by atomic mass is 10.5. The predicted octanol–water partition coefficient (Wildman–Crippen LogP) is -0.905. The second-order valence-electron chi connectivity index (χ2n) is 2.37. The van der Waals surface area contributed by atoms with E-state index in [0.29, 0.717) is 0 Å². The molecule has 0 atom stereocenters. The Morgan fingerprint density at radius 3 is 2.46 bits per heavy atom. The van der Waals surface area contributed by atoms with Gasteiger partial charge in [-0.25, -0.2) is 4.79 Å². The van der Waals surface area contributed by atoms with Crippen molar-refractivity contribution in [1.82, 2.24) is 10.2 Å². The molecule has 0 rings (SSSR count). The Morgan fingerprint density at radius 2 is 2.08 bits per heavy atom. The number of hydrogen-bond donors (Lipinski definition) is 3. The summed E-state index contributed by atoms with van der Waals surface area (Å²) < 4.78 is 0. The van der Waals surface area contributed by atoms with Crippen molar-refractivity contribution in [2.45, 2.75) is 6.92 Å². The molecule has 3 N–H and O–H groups in total. The summed E-state index contributed by atoms with van der Waals surface area (Å²) in [6, 6.07) is 0. The molecule has 76 valence electrons. The molecule has 2 amide bonds. The first-order valence-corrected chi connectivity index (χ1v) is 3.97. The van der Waals surface area contributed by atoms with Gasteiger partial charge in [-0.3, -0.25) is 9.69 Å². The number of hydrogen-bond acceptors (Lipinski definition) is 3. The molecule has 0 aliphatic heterocycles. The van der Waals surface area contributed by atoms with Crippen LogP contribution < -0.4 is 5.32 Å². The molecule has 0 bridgehead atoms. The summed E-state index contributed by atoms with van der Waals surface area (Å²) in [6.07, 6.45) is -1.12. The highest BCUT2D eigenvalue weighted by atomic mass is 16.4. The van der Waals surface area contributed by atoms with Crippen LogP contribution in [-0.4, -0.2) is 53.4 Å². The van der Waals surface area contributed by atoms with Crippen LogP contribution in [0, 0.1) is 0 Å². The summed E-state index contributed by atoms with van der Waals surface area (Å²) in [5.74, 6) is -0.404. The largest absolute Gasteiger partial charge is 0.465 e. The number of aliphatic hydroxyl groups excluding tert-OH is 1. The van der Waals surface area contributed by atoms with Crippen LogP contribution in [0.5, 0.6) is 0 Å². The molecule has 6 nitrogen and oxygen atoms in total. The van der Waals surface area contributed by atoms with Crippen LogP contribution >= 0.6 is 0 Å². The number of carboxylic acid groups (broad SMARTS) is 1. The number of rotatable bonds is 5. The minimum absolute atomic E-state index is 0.148. The molecule has 0 aromatic rings.